The van der Waals surface area contributed by atoms with E-state index in [-0.39, 0.29) is 42.2 Å². The van der Waals surface area contributed by atoms with E-state index in [0.717, 1.165) is 52.8 Å². The summed E-state index contributed by atoms with van der Waals surface area (Å²) in [5.74, 6) is 1.29. The van der Waals surface area contributed by atoms with E-state index in [1.54, 1.807) is 4.90 Å². The molecule has 2 saturated heterocycles. The third-order valence-corrected chi connectivity index (χ3v) is 12.2. The van der Waals surface area contributed by atoms with E-state index in [4.69, 9.17) is 25.5 Å². The van der Waals surface area contributed by atoms with Crippen molar-refractivity contribution in [2.75, 3.05) is 17.2 Å². The lowest BCUT2D eigenvalue weighted by Gasteiger charge is -2.40. The van der Waals surface area contributed by atoms with Crippen LogP contribution in [-0.4, -0.2) is 47.5 Å². The van der Waals surface area contributed by atoms with Crippen molar-refractivity contribution in [3.8, 4) is 5.75 Å². The molecule has 49 heavy (non-hydrogen) atoms. The minimum Gasteiger partial charge on any atom is -0.482 e. The van der Waals surface area contributed by atoms with E-state index in [2.05, 4.69) is 10.6 Å². The number of aryl methyl sites for hydroxylation is 1. The number of carbonyl (C=O) groups excluding carboxylic acids is 3. The number of hydrogen-bond acceptors (Lipinski definition) is 7. The molecule has 0 aliphatic carbocycles. The molecule has 254 valence electrons. The Morgan fingerprint density at radius 2 is 1.90 bits per heavy atom. The molecule has 0 spiro atoms. The van der Waals surface area contributed by atoms with E-state index in [1.165, 1.54) is 0 Å². The molecule has 4 aromatic rings. The lowest BCUT2D eigenvalue weighted by molar-refractivity contribution is -0.154. The van der Waals surface area contributed by atoms with Crippen molar-refractivity contribution >= 4 is 57.9 Å². The summed E-state index contributed by atoms with van der Waals surface area (Å²) < 4.78 is 19.4. The van der Waals surface area contributed by atoms with E-state index >= 15 is 0 Å². The SMILES string of the molecule is Cc1c(C(=O)N2CCc3ccccc32)oc2ccc3c(c12)[C@H](OC(=O)CCCC[C@@H]1SC[C@@H]2NC(=O)N[C@@H]21)C[C@@](C)(c1ccc(Cl)cc1)O3. The van der Waals surface area contributed by atoms with Gasteiger partial charge in [-0.3, -0.25) is 9.59 Å². The Morgan fingerprint density at radius 3 is 2.73 bits per heavy atom. The average Bonchev–Trinajstić information content (AvgIpc) is 3.86. The minimum absolute atomic E-state index is 0.0916. The molecular formula is C38H38ClN3O6S. The lowest BCUT2D eigenvalue weighted by atomic mass is 9.83. The number of esters is 1. The third-order valence-electron chi connectivity index (χ3n) is 10.4. The number of hydrogen-bond donors (Lipinski definition) is 2. The summed E-state index contributed by atoms with van der Waals surface area (Å²) in [6.45, 7) is 4.47. The number of fused-ring (bicyclic) bond motifs is 5. The number of halogens is 1. The standard InChI is InChI=1S/C38H38ClN3O6S/c1-21-32-27(47-35(21)36(44)42-18-17-22-7-3-4-8-26(22)42)15-16-28-33(32)29(19-38(2,48-28)23-11-13-24(39)14-12-23)46-31(43)10-6-5-9-30-34-25(20-49-30)40-37(45)41-34/h3-4,7-8,11-16,25,29-30,34H,5-6,9-10,17-20H2,1-2H3,(H2,40,41,45)/t25-,29+,30-,34-,38-/m0/s1. The van der Waals surface area contributed by atoms with Crippen LogP contribution in [0.2, 0.25) is 5.02 Å². The fraction of sp³-hybridized carbons (Fsp3) is 0.395. The number of benzene rings is 3. The highest BCUT2D eigenvalue weighted by molar-refractivity contribution is 8.00. The number of rotatable bonds is 8. The highest BCUT2D eigenvalue weighted by Gasteiger charge is 2.44. The van der Waals surface area contributed by atoms with Crippen molar-refractivity contribution in [3.05, 3.63) is 93.7 Å². The molecule has 9 nitrogen and oxygen atoms in total. The van der Waals surface area contributed by atoms with Crippen molar-refractivity contribution < 1.29 is 28.3 Å². The Labute approximate surface area is 294 Å². The molecule has 0 unspecified atom stereocenters. The van der Waals surface area contributed by atoms with Crippen LogP contribution in [0.4, 0.5) is 10.5 Å². The molecule has 4 aliphatic heterocycles. The molecular weight excluding hydrogens is 662 g/mol. The molecule has 8 rings (SSSR count). The fourth-order valence-corrected chi connectivity index (χ4v) is 9.60. The summed E-state index contributed by atoms with van der Waals surface area (Å²) in [5, 5.41) is 7.72. The van der Waals surface area contributed by atoms with Crippen LogP contribution in [0.3, 0.4) is 0 Å². The van der Waals surface area contributed by atoms with Gasteiger partial charge in [0.05, 0.1) is 12.1 Å². The number of ether oxygens (including phenoxy) is 2. The van der Waals surface area contributed by atoms with Crippen LogP contribution in [0.5, 0.6) is 5.75 Å². The maximum absolute atomic E-state index is 13.9. The zero-order valence-electron chi connectivity index (χ0n) is 27.4. The molecule has 2 N–H and O–H groups in total. The quantitative estimate of drug-likeness (QED) is 0.111. The van der Waals surface area contributed by atoms with Gasteiger partial charge in [-0.1, -0.05) is 48.4 Å². The van der Waals surface area contributed by atoms with Crippen molar-refractivity contribution in [2.24, 2.45) is 0 Å². The van der Waals surface area contributed by atoms with Crippen LogP contribution < -0.4 is 20.3 Å². The number of para-hydroxylation sites is 1. The van der Waals surface area contributed by atoms with Gasteiger partial charge in [0.25, 0.3) is 5.91 Å². The predicted molar refractivity (Wildman–Crippen MR) is 190 cm³/mol. The van der Waals surface area contributed by atoms with Crippen LogP contribution in [0, 0.1) is 6.92 Å². The molecule has 3 amide bonds. The van der Waals surface area contributed by atoms with Crippen LogP contribution in [-0.2, 0) is 21.6 Å². The second-order valence-corrected chi connectivity index (χ2v) is 15.3. The molecule has 0 radical (unpaired) electrons. The normalized spacial score (nSPS) is 25.3. The number of amides is 3. The van der Waals surface area contributed by atoms with Gasteiger partial charge in [0.15, 0.2) is 5.76 Å². The minimum atomic E-state index is -0.804. The Morgan fingerprint density at radius 1 is 1.08 bits per heavy atom. The number of urea groups is 1. The second-order valence-electron chi connectivity index (χ2n) is 13.6. The number of furan rings is 1. The van der Waals surface area contributed by atoms with Gasteiger partial charge < -0.3 is 29.4 Å². The van der Waals surface area contributed by atoms with Crippen molar-refractivity contribution in [1.29, 1.82) is 0 Å². The molecule has 3 aromatic carbocycles. The molecule has 11 heteroatoms. The zero-order valence-corrected chi connectivity index (χ0v) is 29.0. The summed E-state index contributed by atoms with van der Waals surface area (Å²) >= 11 is 8.09. The van der Waals surface area contributed by atoms with Crippen LogP contribution in [0.25, 0.3) is 11.0 Å². The molecule has 5 atom stereocenters. The largest absolute Gasteiger partial charge is 0.482 e. The second kappa shape index (κ2) is 12.6. The number of anilines is 1. The van der Waals surface area contributed by atoms with Gasteiger partial charge in [-0.05, 0) is 74.6 Å². The van der Waals surface area contributed by atoms with Gasteiger partial charge >= 0.3 is 12.0 Å². The first kappa shape index (κ1) is 32.1. The molecule has 5 heterocycles. The monoisotopic (exact) mass is 699 g/mol. The number of unbranched alkanes of at least 4 members (excludes halogenated alkanes) is 1. The Bertz CT molecular complexity index is 1960. The first-order valence-corrected chi connectivity index (χ1v) is 18.4. The number of carbonyl (C=O) groups is 3. The summed E-state index contributed by atoms with van der Waals surface area (Å²) in [4.78, 5) is 41.0. The first-order chi connectivity index (χ1) is 23.7. The van der Waals surface area contributed by atoms with E-state index in [9.17, 15) is 14.4 Å². The molecule has 1 aromatic heterocycles. The molecule has 2 fully saturated rings. The van der Waals surface area contributed by atoms with Gasteiger partial charge in [-0.25, -0.2) is 4.79 Å². The summed E-state index contributed by atoms with van der Waals surface area (Å²) in [5.41, 5.74) is 4.11. The third kappa shape index (κ3) is 5.82. The topological polar surface area (TPSA) is 110 Å². The van der Waals surface area contributed by atoms with Crippen molar-refractivity contribution in [3.63, 3.8) is 0 Å². The van der Waals surface area contributed by atoms with Gasteiger partial charge in [-0.2, -0.15) is 11.8 Å². The van der Waals surface area contributed by atoms with E-state index < -0.39 is 11.7 Å². The molecule has 0 bridgehead atoms. The van der Waals surface area contributed by atoms with Crippen LogP contribution in [0.15, 0.2) is 65.1 Å². The lowest BCUT2D eigenvalue weighted by Crippen LogP contribution is -2.37. The Balaban J connectivity index is 1.06. The van der Waals surface area contributed by atoms with Crippen molar-refractivity contribution in [1.82, 2.24) is 10.6 Å². The fourth-order valence-electron chi connectivity index (χ4n) is 7.93. The summed E-state index contributed by atoms with van der Waals surface area (Å²) in [6.07, 6.45) is 3.26. The van der Waals surface area contributed by atoms with Gasteiger partial charge in [0, 0.05) is 57.6 Å². The summed E-state index contributed by atoms with van der Waals surface area (Å²) in [6, 6.07) is 19.4. The number of nitrogens with zero attached hydrogens (tertiary/aromatic N) is 1. The zero-order chi connectivity index (χ0) is 33.9. The van der Waals surface area contributed by atoms with Crippen LogP contribution in [0.1, 0.15) is 77.9 Å². The van der Waals surface area contributed by atoms with Crippen LogP contribution >= 0.6 is 23.4 Å². The predicted octanol–water partition coefficient (Wildman–Crippen LogP) is 7.61. The maximum Gasteiger partial charge on any atom is 0.315 e. The highest BCUT2D eigenvalue weighted by Crippen LogP contribution is 2.50. The van der Waals surface area contributed by atoms with Gasteiger partial charge in [0.2, 0.25) is 0 Å². The van der Waals surface area contributed by atoms with E-state index in [1.807, 2.05) is 86.3 Å². The van der Waals surface area contributed by atoms with Gasteiger partial charge in [0.1, 0.15) is 23.0 Å². The highest BCUT2D eigenvalue weighted by atomic mass is 35.5. The summed E-state index contributed by atoms with van der Waals surface area (Å²) in [7, 11) is 0. The average molecular weight is 700 g/mol. The molecule has 4 aliphatic rings. The van der Waals surface area contributed by atoms with Gasteiger partial charge in [-0.15, -0.1) is 0 Å². The van der Waals surface area contributed by atoms with Crippen molar-refractivity contribution in [2.45, 2.75) is 81.4 Å². The first-order valence-electron chi connectivity index (χ1n) is 17.0. The Hall–Kier alpha value is -4.15. The maximum atomic E-state index is 13.9. The molecule has 0 saturated carbocycles. The smallest absolute Gasteiger partial charge is 0.315 e. The van der Waals surface area contributed by atoms with E-state index in [0.29, 0.717) is 46.6 Å². The Kier molecular flexibility index (Phi) is 8.27. The number of thioether (sulfide) groups is 1. The number of nitrogens with one attached hydrogen (secondary N) is 2.